The average Bonchev–Trinajstić information content (AvgIpc) is 2.23. The fourth-order valence-corrected chi connectivity index (χ4v) is 0.848. The van der Waals surface area contributed by atoms with Crippen molar-refractivity contribution in [1.82, 2.24) is 9.80 Å². The molecule has 15 heavy (non-hydrogen) atoms. The minimum Gasteiger partial charge on any atom is -0.462 e. The lowest BCUT2D eigenvalue weighted by molar-refractivity contribution is -0.159. The molecule has 0 saturated heterocycles. The van der Waals surface area contributed by atoms with E-state index in [4.69, 9.17) is 0 Å². The minimum absolute atomic E-state index is 0.114. The van der Waals surface area contributed by atoms with E-state index < -0.39 is 11.9 Å². The molecule has 0 aliphatic heterocycles. The fourth-order valence-electron chi connectivity index (χ4n) is 0.848. The van der Waals surface area contributed by atoms with E-state index in [0.717, 1.165) is 12.0 Å². The molecule has 0 N–H and O–H groups in total. The van der Waals surface area contributed by atoms with Crippen molar-refractivity contribution in [1.29, 1.82) is 0 Å². The van der Waals surface area contributed by atoms with Gasteiger partial charge in [-0.1, -0.05) is 0 Å². The number of ether oxygens (including phenoxy) is 1. The van der Waals surface area contributed by atoms with E-state index in [0.29, 0.717) is 0 Å². The first kappa shape index (κ1) is 13.4. The molecule has 6 nitrogen and oxygen atoms in total. The van der Waals surface area contributed by atoms with Crippen molar-refractivity contribution >= 4 is 17.8 Å². The van der Waals surface area contributed by atoms with Gasteiger partial charge in [0, 0.05) is 20.6 Å². The second-order valence-corrected chi connectivity index (χ2v) is 3.10. The summed E-state index contributed by atoms with van der Waals surface area (Å²) < 4.78 is 4.28. The highest BCUT2D eigenvalue weighted by atomic mass is 16.5. The Morgan fingerprint density at radius 1 is 1.20 bits per heavy atom. The highest BCUT2D eigenvalue weighted by molar-refractivity contribution is 6.32. The number of amides is 2. The number of rotatable bonds is 3. The highest BCUT2D eigenvalue weighted by Gasteiger charge is 2.23. The van der Waals surface area contributed by atoms with E-state index in [1.807, 2.05) is 0 Å². The number of likely N-dealkylation sites (N-methyl/N-ethyl adjacent to an activating group) is 2. The Labute approximate surface area is 88.8 Å². The zero-order valence-electron chi connectivity index (χ0n) is 9.44. The summed E-state index contributed by atoms with van der Waals surface area (Å²) in [6, 6.07) is 0. The SMILES string of the molecule is CCN(CC(=O)N(C)C)C(=O)C(=O)OC. The minimum atomic E-state index is -0.955. The standard InChI is InChI=1S/C9H16N2O4/c1-5-11(6-7(12)10(2)3)8(13)9(14)15-4/h5-6H2,1-4H3. The quantitative estimate of drug-likeness (QED) is 0.453. The van der Waals surface area contributed by atoms with Crippen LogP contribution >= 0.6 is 0 Å². The molecule has 2 amide bonds. The van der Waals surface area contributed by atoms with Crippen LogP contribution in [0, 0.1) is 0 Å². The number of hydrogen-bond acceptors (Lipinski definition) is 4. The smallest absolute Gasteiger partial charge is 0.396 e. The number of carbonyl (C=O) groups excluding carboxylic acids is 3. The molecule has 0 aromatic heterocycles. The summed E-state index contributed by atoms with van der Waals surface area (Å²) in [6.07, 6.45) is 0. The third kappa shape index (κ3) is 3.97. The normalized spacial score (nSPS) is 9.33. The summed E-state index contributed by atoms with van der Waals surface area (Å²) in [5, 5.41) is 0. The largest absolute Gasteiger partial charge is 0.462 e. The lowest BCUT2D eigenvalue weighted by atomic mass is 10.4. The molecule has 0 bridgehead atoms. The molecule has 0 fully saturated rings. The van der Waals surface area contributed by atoms with E-state index >= 15 is 0 Å². The molecular weight excluding hydrogens is 200 g/mol. The Kier molecular flexibility index (Phi) is 5.36. The molecule has 0 rings (SSSR count). The van der Waals surface area contributed by atoms with E-state index in [1.54, 1.807) is 21.0 Å². The van der Waals surface area contributed by atoms with Crippen molar-refractivity contribution in [3.05, 3.63) is 0 Å². The van der Waals surface area contributed by atoms with Gasteiger partial charge in [-0.2, -0.15) is 0 Å². The number of carbonyl (C=O) groups is 3. The van der Waals surface area contributed by atoms with E-state index in [9.17, 15) is 14.4 Å². The zero-order chi connectivity index (χ0) is 12.0. The van der Waals surface area contributed by atoms with Gasteiger partial charge in [-0.25, -0.2) is 4.79 Å². The van der Waals surface area contributed by atoms with Crippen LogP contribution in [0.1, 0.15) is 6.92 Å². The van der Waals surface area contributed by atoms with E-state index in [1.165, 1.54) is 4.90 Å². The summed E-state index contributed by atoms with van der Waals surface area (Å²) in [6.45, 7) is 1.86. The molecule has 0 aliphatic carbocycles. The van der Waals surface area contributed by atoms with Gasteiger partial charge in [0.25, 0.3) is 0 Å². The molecule has 86 valence electrons. The molecule has 0 aromatic rings. The van der Waals surface area contributed by atoms with Gasteiger partial charge in [-0.05, 0) is 6.92 Å². The van der Waals surface area contributed by atoms with Gasteiger partial charge in [0.1, 0.15) is 6.54 Å². The van der Waals surface area contributed by atoms with Gasteiger partial charge in [-0.3, -0.25) is 9.59 Å². The summed E-state index contributed by atoms with van der Waals surface area (Å²) in [4.78, 5) is 36.1. The topological polar surface area (TPSA) is 66.9 Å². The van der Waals surface area contributed by atoms with Crippen molar-refractivity contribution in [2.24, 2.45) is 0 Å². The van der Waals surface area contributed by atoms with Crippen molar-refractivity contribution < 1.29 is 19.1 Å². The maximum absolute atomic E-state index is 11.3. The van der Waals surface area contributed by atoms with Crippen LogP contribution in [0.25, 0.3) is 0 Å². The Bertz CT molecular complexity index is 263. The molecule has 0 unspecified atom stereocenters. The fraction of sp³-hybridized carbons (Fsp3) is 0.667. The molecule has 6 heteroatoms. The maximum Gasteiger partial charge on any atom is 0.396 e. The van der Waals surface area contributed by atoms with Gasteiger partial charge in [0.2, 0.25) is 5.91 Å². The van der Waals surface area contributed by atoms with Gasteiger partial charge in [-0.15, -0.1) is 0 Å². The Hall–Kier alpha value is -1.59. The summed E-state index contributed by atoms with van der Waals surface area (Å²) in [7, 11) is 4.29. The van der Waals surface area contributed by atoms with E-state index in [2.05, 4.69) is 4.74 Å². The molecule has 0 spiro atoms. The average molecular weight is 216 g/mol. The van der Waals surface area contributed by atoms with Gasteiger partial charge in [0.15, 0.2) is 0 Å². The van der Waals surface area contributed by atoms with Crippen LogP contribution in [-0.2, 0) is 19.1 Å². The number of methoxy groups -OCH3 is 1. The molecule has 0 heterocycles. The third-order valence-corrected chi connectivity index (χ3v) is 1.85. The van der Waals surface area contributed by atoms with Crippen molar-refractivity contribution in [3.8, 4) is 0 Å². The Morgan fingerprint density at radius 2 is 1.73 bits per heavy atom. The van der Waals surface area contributed by atoms with Gasteiger partial charge < -0.3 is 14.5 Å². The Balaban J connectivity index is 4.44. The van der Waals surface area contributed by atoms with Crippen molar-refractivity contribution in [2.45, 2.75) is 6.92 Å². The van der Waals surface area contributed by atoms with Crippen molar-refractivity contribution in [2.75, 3.05) is 34.3 Å². The van der Waals surface area contributed by atoms with Crippen molar-refractivity contribution in [3.63, 3.8) is 0 Å². The second kappa shape index (κ2) is 6.00. The van der Waals surface area contributed by atoms with Crippen LogP contribution in [0.4, 0.5) is 0 Å². The second-order valence-electron chi connectivity index (χ2n) is 3.10. The van der Waals surface area contributed by atoms with Crippen LogP contribution in [0.2, 0.25) is 0 Å². The zero-order valence-corrected chi connectivity index (χ0v) is 9.44. The van der Waals surface area contributed by atoms with E-state index in [-0.39, 0.29) is 19.0 Å². The molecule has 0 radical (unpaired) electrons. The van der Waals surface area contributed by atoms with Crippen LogP contribution in [0.3, 0.4) is 0 Å². The molecular formula is C9H16N2O4. The molecule has 0 aromatic carbocycles. The number of esters is 1. The predicted molar refractivity (Wildman–Crippen MR) is 53.0 cm³/mol. The summed E-state index contributed by atoms with van der Waals surface area (Å²) in [5.74, 6) is -1.99. The molecule has 0 atom stereocenters. The number of nitrogens with zero attached hydrogens (tertiary/aromatic N) is 2. The number of hydrogen-bond donors (Lipinski definition) is 0. The maximum atomic E-state index is 11.3. The summed E-state index contributed by atoms with van der Waals surface area (Å²) in [5.41, 5.74) is 0. The predicted octanol–water partition coefficient (Wildman–Crippen LogP) is -0.904. The van der Waals surface area contributed by atoms with Crippen LogP contribution < -0.4 is 0 Å². The van der Waals surface area contributed by atoms with Crippen LogP contribution in [0.15, 0.2) is 0 Å². The first-order valence-electron chi connectivity index (χ1n) is 4.51. The molecule has 0 saturated carbocycles. The van der Waals surface area contributed by atoms with Gasteiger partial charge in [0.05, 0.1) is 7.11 Å². The first-order valence-corrected chi connectivity index (χ1v) is 4.51. The lowest BCUT2D eigenvalue weighted by Crippen LogP contribution is -2.43. The Morgan fingerprint density at radius 3 is 2.07 bits per heavy atom. The van der Waals surface area contributed by atoms with Crippen LogP contribution in [-0.4, -0.2) is 61.9 Å². The van der Waals surface area contributed by atoms with Crippen LogP contribution in [0.5, 0.6) is 0 Å². The third-order valence-electron chi connectivity index (χ3n) is 1.85. The van der Waals surface area contributed by atoms with Gasteiger partial charge >= 0.3 is 11.9 Å². The summed E-state index contributed by atoms with van der Waals surface area (Å²) >= 11 is 0. The highest BCUT2D eigenvalue weighted by Crippen LogP contribution is 1.93. The lowest BCUT2D eigenvalue weighted by Gasteiger charge is -2.20. The first-order chi connectivity index (χ1) is 6.93. The molecule has 0 aliphatic rings. The monoisotopic (exact) mass is 216 g/mol.